The van der Waals surface area contributed by atoms with Gasteiger partial charge in [-0.1, -0.05) is 91.0 Å². The Bertz CT molecular complexity index is 970. The van der Waals surface area contributed by atoms with Gasteiger partial charge in [-0.2, -0.15) is 0 Å². The van der Waals surface area contributed by atoms with E-state index < -0.39 is 12.4 Å². The highest BCUT2D eigenvalue weighted by atomic mass is 35.7. The average Bonchev–Trinajstić information content (AvgIpc) is 2.86. The molecule has 0 aliphatic carbocycles. The summed E-state index contributed by atoms with van der Waals surface area (Å²) in [6.07, 6.45) is -0.263. The van der Waals surface area contributed by atoms with E-state index in [0.717, 1.165) is 6.54 Å². The number of halogens is 1. The molecule has 1 heterocycles. The molecule has 5 nitrogen and oxygen atoms in total. The first-order valence-electron chi connectivity index (χ1n) is 11.1. The summed E-state index contributed by atoms with van der Waals surface area (Å²) in [6.45, 7) is -1.33. The maximum absolute atomic E-state index is 12.5. The van der Waals surface area contributed by atoms with Crippen molar-refractivity contribution in [3.63, 3.8) is 0 Å². The van der Waals surface area contributed by atoms with Crippen LogP contribution in [0.15, 0.2) is 91.0 Å². The summed E-state index contributed by atoms with van der Waals surface area (Å²) in [5, 5.41) is 0. The summed E-state index contributed by atoms with van der Waals surface area (Å²) in [6, 6.07) is 31.7. The molecular weight excluding hydrogens is 455 g/mol. The summed E-state index contributed by atoms with van der Waals surface area (Å²) < 4.78 is 25.5. The van der Waals surface area contributed by atoms with Crippen molar-refractivity contribution in [2.24, 2.45) is 0 Å². The molecular formula is C26H30ClN2O3P. The van der Waals surface area contributed by atoms with E-state index in [0.29, 0.717) is 13.2 Å². The Morgan fingerprint density at radius 3 is 1.82 bits per heavy atom. The Kier molecular flexibility index (Phi) is 7.70. The third kappa shape index (κ3) is 5.09. The molecule has 1 fully saturated rings. The van der Waals surface area contributed by atoms with Crippen LogP contribution in [0.2, 0.25) is 0 Å². The average molecular weight is 485 g/mol. The van der Waals surface area contributed by atoms with E-state index >= 15 is 0 Å². The van der Waals surface area contributed by atoms with E-state index in [1.807, 2.05) is 18.2 Å². The second-order valence-corrected chi connectivity index (χ2v) is 11.6. The van der Waals surface area contributed by atoms with Crippen LogP contribution in [-0.2, 0) is 19.4 Å². The molecule has 0 radical (unpaired) electrons. The van der Waals surface area contributed by atoms with E-state index in [1.165, 1.54) is 21.4 Å². The van der Waals surface area contributed by atoms with Crippen LogP contribution in [0.5, 0.6) is 0 Å². The molecule has 1 saturated heterocycles. The number of nitrogens with zero attached hydrogens (tertiary/aromatic N) is 2. The molecule has 0 bridgehead atoms. The fourth-order valence-corrected chi connectivity index (χ4v) is 5.25. The van der Waals surface area contributed by atoms with E-state index in [2.05, 4.69) is 77.7 Å². The second kappa shape index (κ2) is 10.5. The van der Waals surface area contributed by atoms with Gasteiger partial charge in [0.05, 0.1) is 24.9 Å². The molecule has 0 amide bonds. The fourth-order valence-electron chi connectivity index (χ4n) is 4.50. The lowest BCUT2D eigenvalue weighted by Gasteiger charge is -2.48. The van der Waals surface area contributed by atoms with E-state index in [9.17, 15) is 4.57 Å². The molecule has 174 valence electrons. The van der Waals surface area contributed by atoms with Crippen LogP contribution in [0, 0.1) is 0 Å². The molecule has 4 rings (SSSR count). The summed E-state index contributed by atoms with van der Waals surface area (Å²) in [4.78, 5) is 2.44. The van der Waals surface area contributed by atoms with E-state index in [4.69, 9.17) is 20.5 Å². The van der Waals surface area contributed by atoms with E-state index in [-0.39, 0.29) is 12.7 Å². The zero-order valence-electron chi connectivity index (χ0n) is 19.0. The summed E-state index contributed by atoms with van der Waals surface area (Å²) in [5.41, 5.74) is 3.03. The van der Waals surface area contributed by atoms with Gasteiger partial charge in [-0.05, 0) is 42.0 Å². The zero-order valence-corrected chi connectivity index (χ0v) is 20.7. The quantitative estimate of drug-likeness (QED) is 0.307. The third-order valence-electron chi connectivity index (χ3n) is 6.09. The van der Waals surface area contributed by atoms with Gasteiger partial charge in [-0.25, -0.2) is 4.67 Å². The molecule has 0 N–H and O–H groups in total. The van der Waals surface area contributed by atoms with Gasteiger partial charge in [0.15, 0.2) is 0 Å². The number of morpholine rings is 1. The van der Waals surface area contributed by atoms with Crippen molar-refractivity contribution in [2.75, 3.05) is 40.4 Å². The van der Waals surface area contributed by atoms with Gasteiger partial charge in [0.1, 0.15) is 0 Å². The minimum absolute atomic E-state index is 0.157. The fraction of sp³-hybridized carbons (Fsp3) is 0.308. The molecule has 1 aliphatic rings. The lowest BCUT2D eigenvalue weighted by molar-refractivity contribution is -0.0695. The maximum atomic E-state index is 12.5. The van der Waals surface area contributed by atoms with Crippen LogP contribution >= 0.6 is 18.1 Å². The van der Waals surface area contributed by atoms with Crippen molar-refractivity contribution < 1.29 is 13.8 Å². The lowest BCUT2D eigenvalue weighted by atomic mass is 9.75. The zero-order chi connectivity index (χ0) is 23.3. The van der Waals surface area contributed by atoms with Crippen molar-refractivity contribution in [1.82, 2.24) is 9.57 Å². The number of ether oxygens (including phenoxy) is 1. The van der Waals surface area contributed by atoms with Crippen LogP contribution in [0.25, 0.3) is 0 Å². The molecule has 33 heavy (non-hydrogen) atoms. The Labute approximate surface area is 201 Å². The molecule has 3 aromatic rings. The Balaban J connectivity index is 1.77. The first-order valence-corrected chi connectivity index (χ1v) is 13.6. The molecule has 1 aliphatic heterocycles. The largest absolute Gasteiger partial charge is 0.373 e. The predicted molar refractivity (Wildman–Crippen MR) is 134 cm³/mol. The standard InChI is InChI=1S/C26H30ClN2O3P/c1-28(2)33(27,30)32-21-25-20-29(18-19-31-25)26(22-12-6-3-7-13-22,23-14-8-4-9-15-23)24-16-10-5-11-17-24/h3-17,25H,18-21H2,1-2H3/t25-,33?/m0/s1. The SMILES string of the molecule is CN(C)P(=O)(Cl)OC[C@@H]1CN(C(c2ccccc2)(c2ccccc2)c2ccccc2)CCO1. The van der Waals surface area contributed by atoms with Gasteiger partial charge in [0, 0.05) is 13.1 Å². The predicted octanol–water partition coefficient (Wildman–Crippen LogP) is 5.60. The maximum Gasteiger partial charge on any atom is 0.362 e. The van der Waals surface area contributed by atoms with E-state index in [1.54, 1.807) is 14.1 Å². The van der Waals surface area contributed by atoms with Gasteiger partial charge >= 0.3 is 6.87 Å². The van der Waals surface area contributed by atoms with Gasteiger partial charge in [0.2, 0.25) is 0 Å². The highest BCUT2D eigenvalue weighted by molar-refractivity contribution is 7.83. The van der Waals surface area contributed by atoms with Crippen molar-refractivity contribution >= 4 is 18.1 Å². The molecule has 7 heteroatoms. The van der Waals surface area contributed by atoms with Crippen LogP contribution < -0.4 is 0 Å². The summed E-state index contributed by atoms with van der Waals surface area (Å²) >= 11 is 6.09. The third-order valence-corrected chi connectivity index (χ3v) is 8.71. The number of hydrogen-bond donors (Lipinski definition) is 0. The monoisotopic (exact) mass is 484 g/mol. The molecule has 0 spiro atoms. The highest BCUT2D eigenvalue weighted by Crippen LogP contribution is 2.54. The molecule has 2 atom stereocenters. The van der Waals surface area contributed by atoms with Crippen molar-refractivity contribution in [1.29, 1.82) is 0 Å². The smallest absolute Gasteiger partial charge is 0.362 e. The van der Waals surface area contributed by atoms with Gasteiger partial charge < -0.3 is 9.26 Å². The first kappa shape index (κ1) is 24.2. The summed E-state index contributed by atoms with van der Waals surface area (Å²) in [7, 11) is 3.29. The molecule has 3 aromatic carbocycles. The van der Waals surface area contributed by atoms with Crippen molar-refractivity contribution in [3.05, 3.63) is 108 Å². The number of benzene rings is 3. The van der Waals surface area contributed by atoms with Crippen LogP contribution in [0.4, 0.5) is 0 Å². The minimum Gasteiger partial charge on any atom is -0.373 e. The molecule has 0 aromatic heterocycles. The Hall–Kier alpha value is -1.98. The summed E-state index contributed by atoms with van der Waals surface area (Å²) in [5.74, 6) is 0. The molecule has 0 saturated carbocycles. The lowest BCUT2D eigenvalue weighted by Crippen LogP contribution is -2.56. The topological polar surface area (TPSA) is 42.0 Å². The minimum atomic E-state index is -3.36. The van der Waals surface area contributed by atoms with Gasteiger partial charge in [-0.3, -0.25) is 9.46 Å². The number of rotatable bonds is 8. The molecule has 1 unspecified atom stereocenters. The van der Waals surface area contributed by atoms with Crippen LogP contribution in [0.1, 0.15) is 16.7 Å². The van der Waals surface area contributed by atoms with Crippen molar-refractivity contribution in [3.8, 4) is 0 Å². The normalized spacial score (nSPS) is 19.3. The number of hydrogen-bond acceptors (Lipinski definition) is 4. The Morgan fingerprint density at radius 2 is 1.39 bits per heavy atom. The van der Waals surface area contributed by atoms with Gasteiger partial charge in [0.25, 0.3) is 0 Å². The Morgan fingerprint density at radius 1 is 0.939 bits per heavy atom. The second-order valence-electron chi connectivity index (χ2n) is 8.34. The van der Waals surface area contributed by atoms with Crippen molar-refractivity contribution in [2.45, 2.75) is 11.6 Å². The first-order chi connectivity index (χ1) is 15.9. The van der Waals surface area contributed by atoms with Gasteiger partial charge in [-0.15, -0.1) is 0 Å². The highest BCUT2D eigenvalue weighted by Gasteiger charge is 2.44. The van der Waals surface area contributed by atoms with Crippen LogP contribution in [0.3, 0.4) is 0 Å². The van der Waals surface area contributed by atoms with Crippen LogP contribution in [-0.4, -0.2) is 56.1 Å².